The number of carbonyl (C=O) groups excluding carboxylic acids is 2. The maximum atomic E-state index is 11.9. The molecule has 1 aromatic carbocycles. The summed E-state index contributed by atoms with van der Waals surface area (Å²) in [5.41, 5.74) is 1.71. The van der Waals surface area contributed by atoms with Crippen molar-refractivity contribution in [2.45, 2.75) is 26.7 Å². The van der Waals surface area contributed by atoms with Crippen LogP contribution < -0.4 is 10.2 Å². The molecule has 0 saturated carbocycles. The summed E-state index contributed by atoms with van der Waals surface area (Å²) < 4.78 is 5.09. The van der Waals surface area contributed by atoms with E-state index >= 15 is 0 Å². The fraction of sp³-hybridized carbons (Fsp3) is 0.529. The molecule has 22 heavy (non-hydrogen) atoms. The van der Waals surface area contributed by atoms with Gasteiger partial charge in [0.25, 0.3) is 5.91 Å². The largest absolute Gasteiger partial charge is 0.466 e. The van der Waals surface area contributed by atoms with E-state index in [1.807, 2.05) is 38.1 Å². The lowest BCUT2D eigenvalue weighted by Crippen LogP contribution is -2.37. The normalized spacial score (nSPS) is 15.5. The molecule has 0 spiro atoms. The number of hydrogen-bond donors (Lipinski definition) is 1. The molecule has 1 aliphatic rings. The Bertz CT molecular complexity index is 522. The Morgan fingerprint density at radius 1 is 1.27 bits per heavy atom. The highest BCUT2D eigenvalue weighted by atomic mass is 16.5. The van der Waals surface area contributed by atoms with Crippen LogP contribution in [-0.4, -0.2) is 38.1 Å². The van der Waals surface area contributed by atoms with Crippen molar-refractivity contribution < 1.29 is 14.3 Å². The van der Waals surface area contributed by atoms with Gasteiger partial charge in [0.05, 0.1) is 12.5 Å². The van der Waals surface area contributed by atoms with Gasteiger partial charge in [-0.15, -0.1) is 0 Å². The minimum absolute atomic E-state index is 0.00257. The lowest BCUT2D eigenvalue weighted by Gasteiger charge is -2.32. The van der Waals surface area contributed by atoms with Crippen LogP contribution >= 0.6 is 0 Å². The van der Waals surface area contributed by atoms with Gasteiger partial charge in [-0.05, 0) is 44.9 Å². The molecule has 1 aromatic rings. The van der Waals surface area contributed by atoms with Crippen LogP contribution in [0.4, 0.5) is 5.69 Å². The summed E-state index contributed by atoms with van der Waals surface area (Å²) in [6.45, 7) is 6.41. The molecule has 2 rings (SSSR count). The summed E-state index contributed by atoms with van der Waals surface area (Å²) in [6, 6.07) is 7.64. The third-order valence-electron chi connectivity index (χ3n) is 3.93. The van der Waals surface area contributed by atoms with Crippen molar-refractivity contribution in [2.24, 2.45) is 5.92 Å². The Morgan fingerprint density at radius 2 is 2.00 bits per heavy atom. The van der Waals surface area contributed by atoms with Gasteiger partial charge in [0.15, 0.2) is 0 Å². The molecule has 1 aliphatic heterocycles. The quantitative estimate of drug-likeness (QED) is 0.847. The number of amides is 1. The van der Waals surface area contributed by atoms with Crippen LogP contribution in [0.2, 0.25) is 0 Å². The lowest BCUT2D eigenvalue weighted by molar-refractivity contribution is -0.148. The van der Waals surface area contributed by atoms with E-state index in [1.54, 1.807) is 0 Å². The second kappa shape index (κ2) is 7.82. The van der Waals surface area contributed by atoms with Crippen molar-refractivity contribution in [2.75, 3.05) is 31.1 Å². The highest BCUT2D eigenvalue weighted by Crippen LogP contribution is 2.24. The van der Waals surface area contributed by atoms with E-state index in [0.717, 1.165) is 31.6 Å². The minimum Gasteiger partial charge on any atom is -0.466 e. The van der Waals surface area contributed by atoms with Crippen molar-refractivity contribution in [3.63, 3.8) is 0 Å². The number of anilines is 1. The average molecular weight is 304 g/mol. The summed E-state index contributed by atoms with van der Waals surface area (Å²) in [5, 5.41) is 2.81. The highest BCUT2D eigenvalue weighted by molar-refractivity contribution is 5.95. The van der Waals surface area contributed by atoms with Crippen LogP contribution in [0.15, 0.2) is 24.3 Å². The SMILES string of the molecule is CCNC(=O)c1cccc(N2CCC(C(=O)OCC)CC2)c1. The zero-order valence-electron chi connectivity index (χ0n) is 13.3. The number of esters is 1. The molecule has 1 N–H and O–H groups in total. The van der Waals surface area contributed by atoms with Crippen LogP contribution in [0.1, 0.15) is 37.0 Å². The molecule has 0 radical (unpaired) electrons. The molecule has 0 bridgehead atoms. The van der Waals surface area contributed by atoms with Gasteiger partial charge >= 0.3 is 5.97 Å². The minimum atomic E-state index is -0.0850. The number of hydrogen-bond acceptors (Lipinski definition) is 4. The van der Waals surface area contributed by atoms with E-state index in [2.05, 4.69) is 10.2 Å². The molecule has 1 saturated heterocycles. The third kappa shape index (κ3) is 4.00. The first-order valence-electron chi connectivity index (χ1n) is 7.95. The predicted molar refractivity (Wildman–Crippen MR) is 86.0 cm³/mol. The van der Waals surface area contributed by atoms with E-state index in [-0.39, 0.29) is 17.8 Å². The zero-order chi connectivity index (χ0) is 15.9. The van der Waals surface area contributed by atoms with E-state index in [4.69, 9.17) is 4.74 Å². The molecule has 1 fully saturated rings. The van der Waals surface area contributed by atoms with Crippen molar-refractivity contribution in [3.05, 3.63) is 29.8 Å². The van der Waals surface area contributed by atoms with E-state index in [0.29, 0.717) is 18.7 Å². The highest BCUT2D eigenvalue weighted by Gasteiger charge is 2.26. The van der Waals surface area contributed by atoms with Crippen molar-refractivity contribution in [1.82, 2.24) is 5.32 Å². The number of piperidine rings is 1. The monoisotopic (exact) mass is 304 g/mol. The molecule has 120 valence electrons. The zero-order valence-corrected chi connectivity index (χ0v) is 13.3. The molecule has 5 nitrogen and oxygen atoms in total. The van der Waals surface area contributed by atoms with E-state index in [1.165, 1.54) is 0 Å². The standard InChI is InChI=1S/C17H24N2O3/c1-3-18-16(20)14-6-5-7-15(12-14)19-10-8-13(9-11-19)17(21)22-4-2/h5-7,12-13H,3-4,8-11H2,1-2H3,(H,18,20). The topological polar surface area (TPSA) is 58.6 Å². The molecule has 0 aromatic heterocycles. The number of benzene rings is 1. The summed E-state index contributed by atoms with van der Waals surface area (Å²) in [4.78, 5) is 25.9. The fourth-order valence-corrected chi connectivity index (χ4v) is 2.74. The van der Waals surface area contributed by atoms with Crippen molar-refractivity contribution in [1.29, 1.82) is 0 Å². The first-order valence-corrected chi connectivity index (χ1v) is 7.95. The second-order valence-electron chi connectivity index (χ2n) is 5.42. The molecule has 0 unspecified atom stereocenters. The molecular formula is C17H24N2O3. The molecule has 1 amide bonds. The van der Waals surface area contributed by atoms with Crippen LogP contribution in [0.5, 0.6) is 0 Å². The summed E-state index contributed by atoms with van der Waals surface area (Å²) in [7, 11) is 0. The molecule has 1 heterocycles. The fourth-order valence-electron chi connectivity index (χ4n) is 2.74. The van der Waals surface area contributed by atoms with E-state index in [9.17, 15) is 9.59 Å². The first kappa shape index (κ1) is 16.3. The van der Waals surface area contributed by atoms with Crippen LogP contribution in [-0.2, 0) is 9.53 Å². The molecule has 0 aliphatic carbocycles. The Hall–Kier alpha value is -2.04. The summed E-state index contributed by atoms with van der Waals surface area (Å²) in [5.74, 6) is -0.133. The number of nitrogens with one attached hydrogen (secondary N) is 1. The van der Waals surface area contributed by atoms with Gasteiger partial charge in [-0.1, -0.05) is 6.07 Å². The Kier molecular flexibility index (Phi) is 5.81. The average Bonchev–Trinajstić information content (AvgIpc) is 2.55. The smallest absolute Gasteiger partial charge is 0.309 e. The lowest BCUT2D eigenvalue weighted by atomic mass is 9.96. The van der Waals surface area contributed by atoms with Crippen LogP contribution in [0.25, 0.3) is 0 Å². The second-order valence-corrected chi connectivity index (χ2v) is 5.42. The number of rotatable bonds is 5. The van der Waals surface area contributed by atoms with Gasteiger partial charge in [0, 0.05) is 30.9 Å². The van der Waals surface area contributed by atoms with E-state index < -0.39 is 0 Å². The maximum absolute atomic E-state index is 11.9. The molecule has 0 atom stereocenters. The number of carbonyl (C=O) groups is 2. The molecular weight excluding hydrogens is 280 g/mol. The number of nitrogens with zero attached hydrogens (tertiary/aromatic N) is 1. The predicted octanol–water partition coefficient (Wildman–Crippen LogP) is 2.22. The summed E-state index contributed by atoms with van der Waals surface area (Å²) >= 11 is 0. The van der Waals surface area contributed by atoms with Gasteiger partial charge in [0.2, 0.25) is 0 Å². The Labute approximate surface area is 131 Å². The van der Waals surface area contributed by atoms with Crippen molar-refractivity contribution in [3.8, 4) is 0 Å². The first-order chi connectivity index (χ1) is 10.7. The van der Waals surface area contributed by atoms with Gasteiger partial charge in [0.1, 0.15) is 0 Å². The van der Waals surface area contributed by atoms with Crippen molar-refractivity contribution >= 4 is 17.6 Å². The Morgan fingerprint density at radius 3 is 2.64 bits per heavy atom. The number of ether oxygens (including phenoxy) is 1. The van der Waals surface area contributed by atoms with Crippen LogP contribution in [0, 0.1) is 5.92 Å². The van der Waals surface area contributed by atoms with Gasteiger partial charge in [-0.3, -0.25) is 9.59 Å². The summed E-state index contributed by atoms with van der Waals surface area (Å²) in [6.07, 6.45) is 1.59. The Balaban J connectivity index is 1.98. The third-order valence-corrected chi connectivity index (χ3v) is 3.93. The van der Waals surface area contributed by atoms with Gasteiger partial charge in [-0.2, -0.15) is 0 Å². The molecule has 5 heteroatoms. The van der Waals surface area contributed by atoms with Gasteiger partial charge < -0.3 is 15.0 Å². The van der Waals surface area contributed by atoms with Gasteiger partial charge in [-0.25, -0.2) is 0 Å². The van der Waals surface area contributed by atoms with Crippen LogP contribution in [0.3, 0.4) is 0 Å². The maximum Gasteiger partial charge on any atom is 0.309 e.